The topological polar surface area (TPSA) is 63.9 Å². The van der Waals surface area contributed by atoms with Gasteiger partial charge >= 0.3 is 0 Å². The summed E-state index contributed by atoms with van der Waals surface area (Å²) in [6, 6.07) is 9.64. The number of hydrogen-bond donors (Lipinski definition) is 1. The number of nitrogens with one attached hydrogen (secondary N) is 1. The fourth-order valence-corrected chi connectivity index (χ4v) is 2.75. The van der Waals surface area contributed by atoms with Crippen molar-refractivity contribution in [1.29, 1.82) is 0 Å². The molecule has 1 fully saturated rings. The molecular weight excluding hydrogens is 327 g/mol. The first-order valence-corrected chi connectivity index (χ1v) is 8.23. The molecule has 1 aromatic carbocycles. The summed E-state index contributed by atoms with van der Waals surface area (Å²) >= 11 is 0. The molecule has 0 saturated carbocycles. The molecule has 1 aliphatic heterocycles. The van der Waals surface area contributed by atoms with Gasteiger partial charge in [-0.25, -0.2) is 4.39 Å². The molecule has 1 aromatic heterocycles. The standard InChI is InChI=1S/C18H21FN2O4/c19-14-4-1-2-5-16(14)25-13-18(22)20-12-15(17-6-3-9-24-17)21-7-10-23-11-8-21/h1-6,9,15H,7-8,10-13H2,(H,20,22). The van der Waals surface area contributed by atoms with E-state index in [0.717, 1.165) is 18.8 Å². The van der Waals surface area contributed by atoms with Gasteiger partial charge in [-0.3, -0.25) is 9.69 Å². The van der Waals surface area contributed by atoms with Gasteiger partial charge in [0.1, 0.15) is 5.76 Å². The zero-order valence-electron chi connectivity index (χ0n) is 13.8. The maximum absolute atomic E-state index is 13.5. The first-order valence-electron chi connectivity index (χ1n) is 8.23. The van der Waals surface area contributed by atoms with Crippen molar-refractivity contribution >= 4 is 5.91 Å². The summed E-state index contributed by atoms with van der Waals surface area (Å²) in [4.78, 5) is 14.3. The average molecular weight is 348 g/mol. The van der Waals surface area contributed by atoms with Crippen LogP contribution < -0.4 is 10.1 Å². The van der Waals surface area contributed by atoms with Crippen LogP contribution in [0.15, 0.2) is 47.1 Å². The molecular formula is C18H21FN2O4. The maximum Gasteiger partial charge on any atom is 0.258 e. The van der Waals surface area contributed by atoms with E-state index in [4.69, 9.17) is 13.9 Å². The minimum absolute atomic E-state index is 0.0633. The number of carbonyl (C=O) groups excluding carboxylic acids is 1. The van der Waals surface area contributed by atoms with Crippen molar-refractivity contribution in [1.82, 2.24) is 10.2 Å². The Balaban J connectivity index is 1.53. The molecule has 0 radical (unpaired) electrons. The van der Waals surface area contributed by atoms with E-state index in [1.54, 1.807) is 18.4 Å². The van der Waals surface area contributed by atoms with Crippen molar-refractivity contribution < 1.29 is 23.1 Å². The maximum atomic E-state index is 13.5. The minimum Gasteiger partial charge on any atom is -0.481 e. The molecule has 2 heterocycles. The second-order valence-corrected chi connectivity index (χ2v) is 5.70. The van der Waals surface area contributed by atoms with Crippen LogP contribution in [0, 0.1) is 5.82 Å². The van der Waals surface area contributed by atoms with Crippen molar-refractivity contribution in [3.05, 3.63) is 54.2 Å². The Morgan fingerprint density at radius 3 is 2.76 bits per heavy atom. The summed E-state index contributed by atoms with van der Waals surface area (Å²) in [6.07, 6.45) is 1.62. The molecule has 6 nitrogen and oxygen atoms in total. The van der Waals surface area contributed by atoms with E-state index in [9.17, 15) is 9.18 Å². The van der Waals surface area contributed by atoms with E-state index in [1.807, 2.05) is 12.1 Å². The lowest BCUT2D eigenvalue weighted by Crippen LogP contribution is -2.44. The van der Waals surface area contributed by atoms with Crippen molar-refractivity contribution in [2.24, 2.45) is 0 Å². The third kappa shape index (κ3) is 4.80. The summed E-state index contributed by atoms with van der Waals surface area (Å²) in [7, 11) is 0. The van der Waals surface area contributed by atoms with E-state index < -0.39 is 5.82 Å². The van der Waals surface area contributed by atoms with Gasteiger partial charge in [-0.15, -0.1) is 0 Å². The molecule has 1 amide bonds. The van der Waals surface area contributed by atoms with Gasteiger partial charge in [-0.2, -0.15) is 0 Å². The van der Waals surface area contributed by atoms with E-state index >= 15 is 0 Å². The number of nitrogens with zero attached hydrogens (tertiary/aromatic N) is 1. The lowest BCUT2D eigenvalue weighted by Gasteiger charge is -2.33. The Labute approximate surface area is 145 Å². The average Bonchev–Trinajstić information content (AvgIpc) is 3.16. The zero-order chi connectivity index (χ0) is 17.5. The molecule has 1 atom stereocenters. The van der Waals surface area contributed by atoms with Crippen molar-refractivity contribution in [2.45, 2.75) is 6.04 Å². The summed E-state index contributed by atoms with van der Waals surface area (Å²) < 4.78 is 29.6. The van der Waals surface area contributed by atoms with Gasteiger partial charge in [0.25, 0.3) is 5.91 Å². The van der Waals surface area contributed by atoms with E-state index in [2.05, 4.69) is 10.2 Å². The number of rotatable bonds is 7. The largest absolute Gasteiger partial charge is 0.481 e. The quantitative estimate of drug-likeness (QED) is 0.829. The summed E-state index contributed by atoms with van der Waals surface area (Å²) in [6.45, 7) is 2.99. The van der Waals surface area contributed by atoms with Crippen LogP contribution in [0.1, 0.15) is 11.8 Å². The highest BCUT2D eigenvalue weighted by Crippen LogP contribution is 2.21. The zero-order valence-corrected chi connectivity index (χ0v) is 13.8. The van der Waals surface area contributed by atoms with E-state index in [-0.39, 0.29) is 24.3 Å². The monoisotopic (exact) mass is 348 g/mol. The van der Waals surface area contributed by atoms with Gasteiger partial charge in [0, 0.05) is 19.6 Å². The second kappa shape index (κ2) is 8.64. The predicted molar refractivity (Wildman–Crippen MR) is 88.7 cm³/mol. The van der Waals surface area contributed by atoms with Gasteiger partial charge in [0.05, 0.1) is 25.5 Å². The summed E-state index contributed by atoms with van der Waals surface area (Å²) in [5, 5.41) is 2.83. The van der Waals surface area contributed by atoms with Gasteiger partial charge < -0.3 is 19.2 Å². The molecule has 2 aromatic rings. The lowest BCUT2D eigenvalue weighted by atomic mass is 10.1. The number of benzene rings is 1. The third-order valence-electron chi connectivity index (χ3n) is 4.05. The van der Waals surface area contributed by atoms with Crippen LogP contribution >= 0.6 is 0 Å². The number of para-hydroxylation sites is 1. The van der Waals surface area contributed by atoms with Gasteiger partial charge in [-0.05, 0) is 24.3 Å². The Kier molecular flexibility index (Phi) is 6.03. The van der Waals surface area contributed by atoms with Crippen molar-refractivity contribution in [3.8, 4) is 5.75 Å². The lowest BCUT2D eigenvalue weighted by molar-refractivity contribution is -0.123. The van der Waals surface area contributed by atoms with Gasteiger partial charge in [0.15, 0.2) is 18.2 Å². The van der Waals surface area contributed by atoms with Gasteiger partial charge in [-0.1, -0.05) is 12.1 Å². The minimum atomic E-state index is -0.489. The number of amides is 1. The van der Waals surface area contributed by atoms with Crippen LogP contribution in [0.25, 0.3) is 0 Å². The molecule has 134 valence electrons. The highest BCUT2D eigenvalue weighted by molar-refractivity contribution is 5.77. The summed E-state index contributed by atoms with van der Waals surface area (Å²) in [5.41, 5.74) is 0. The Bertz CT molecular complexity index is 671. The number of halogens is 1. The Morgan fingerprint density at radius 1 is 1.24 bits per heavy atom. The molecule has 0 spiro atoms. The van der Waals surface area contributed by atoms with E-state index in [0.29, 0.717) is 19.8 Å². The number of furan rings is 1. The molecule has 1 saturated heterocycles. The van der Waals surface area contributed by atoms with Crippen LogP contribution in [0.2, 0.25) is 0 Å². The highest BCUT2D eigenvalue weighted by atomic mass is 19.1. The molecule has 25 heavy (non-hydrogen) atoms. The molecule has 1 unspecified atom stereocenters. The highest BCUT2D eigenvalue weighted by Gasteiger charge is 2.25. The predicted octanol–water partition coefficient (Wildman–Crippen LogP) is 1.99. The van der Waals surface area contributed by atoms with Gasteiger partial charge in [0.2, 0.25) is 0 Å². The molecule has 0 aliphatic carbocycles. The number of hydrogen-bond acceptors (Lipinski definition) is 5. The van der Waals surface area contributed by atoms with Crippen LogP contribution in [0.5, 0.6) is 5.75 Å². The smallest absolute Gasteiger partial charge is 0.258 e. The third-order valence-corrected chi connectivity index (χ3v) is 4.05. The number of morpholine rings is 1. The fourth-order valence-electron chi connectivity index (χ4n) is 2.75. The molecule has 3 rings (SSSR count). The van der Waals surface area contributed by atoms with Crippen molar-refractivity contribution in [3.63, 3.8) is 0 Å². The van der Waals surface area contributed by atoms with Crippen LogP contribution in [0.3, 0.4) is 0 Å². The molecule has 7 heteroatoms. The fraction of sp³-hybridized carbons (Fsp3) is 0.389. The second-order valence-electron chi connectivity index (χ2n) is 5.70. The van der Waals surface area contributed by atoms with E-state index in [1.165, 1.54) is 12.1 Å². The Morgan fingerprint density at radius 2 is 2.04 bits per heavy atom. The SMILES string of the molecule is O=C(COc1ccccc1F)NCC(c1ccco1)N1CCOCC1. The molecule has 0 bridgehead atoms. The molecule has 1 N–H and O–H groups in total. The Hall–Kier alpha value is -2.38. The first-order chi connectivity index (χ1) is 12.2. The normalized spacial score (nSPS) is 16.4. The van der Waals surface area contributed by atoms with Crippen LogP contribution in [-0.2, 0) is 9.53 Å². The van der Waals surface area contributed by atoms with Crippen LogP contribution in [-0.4, -0.2) is 50.3 Å². The van der Waals surface area contributed by atoms with Crippen molar-refractivity contribution in [2.75, 3.05) is 39.5 Å². The number of ether oxygens (including phenoxy) is 2. The number of carbonyl (C=O) groups is 1. The molecule has 1 aliphatic rings. The van der Waals surface area contributed by atoms with Crippen LogP contribution in [0.4, 0.5) is 4.39 Å². The summed E-state index contributed by atoms with van der Waals surface area (Å²) in [5.74, 6) is 0.0517. The first kappa shape index (κ1) is 17.4.